The number of hydrogen-bond donors (Lipinski definition) is 4. The predicted octanol–water partition coefficient (Wildman–Crippen LogP) is 3.69. The van der Waals surface area contributed by atoms with Crippen LogP contribution in [0.5, 0.6) is 11.5 Å². The van der Waals surface area contributed by atoms with Gasteiger partial charge in [0, 0.05) is 23.3 Å². The molecule has 3 aliphatic heterocycles. The quantitative estimate of drug-likeness (QED) is 0.493. The van der Waals surface area contributed by atoms with Gasteiger partial charge in [-0.25, -0.2) is 4.79 Å². The van der Waals surface area contributed by atoms with E-state index in [1.165, 1.54) is 11.8 Å². The molecule has 4 aliphatic rings. The molecular weight excluding hydrogens is 476 g/mol. The smallest absolute Gasteiger partial charge is 0.326 e. The van der Waals surface area contributed by atoms with Crippen LogP contribution in [-0.2, 0) is 4.79 Å². The van der Waals surface area contributed by atoms with Crippen LogP contribution in [0.2, 0.25) is 0 Å². The highest BCUT2D eigenvalue weighted by Crippen LogP contribution is 2.48. The van der Waals surface area contributed by atoms with Crippen molar-refractivity contribution in [1.29, 1.82) is 0 Å². The summed E-state index contributed by atoms with van der Waals surface area (Å²) < 4.78 is 5.91. The summed E-state index contributed by atoms with van der Waals surface area (Å²) >= 11 is 1.50. The van der Waals surface area contributed by atoms with Crippen LogP contribution in [0.1, 0.15) is 32.1 Å². The van der Waals surface area contributed by atoms with E-state index in [1.807, 2.05) is 59.5 Å². The second-order valence-electron chi connectivity index (χ2n) is 9.82. The highest BCUT2D eigenvalue weighted by Gasteiger charge is 2.51. The molecule has 188 valence electrons. The third kappa shape index (κ3) is 4.47. The Morgan fingerprint density at radius 1 is 1.06 bits per heavy atom. The summed E-state index contributed by atoms with van der Waals surface area (Å²) in [6.07, 6.45) is 3.57. The standard InChI is InChI=1S/C27H30N4O4S/c32-18-6-4-5-16(15-18)29-25(33)24-23-22-21(13-14-28-26(22)36-24)31(27(34)30-23)17-9-11-20(12-10-17)35-19-7-2-1-3-8-19/h1-3,7-12,16,18,21-22,26,28,32H,4-6,13-15H2,(H,29,33)(H,30,34)/t16-,18-,21?,22?,26?/m1/s1. The van der Waals surface area contributed by atoms with E-state index < -0.39 is 0 Å². The molecule has 0 aromatic heterocycles. The van der Waals surface area contributed by atoms with E-state index in [1.54, 1.807) is 0 Å². The summed E-state index contributed by atoms with van der Waals surface area (Å²) in [6.45, 7) is 0.773. The van der Waals surface area contributed by atoms with E-state index in [4.69, 9.17) is 4.74 Å². The van der Waals surface area contributed by atoms with Gasteiger partial charge < -0.3 is 25.8 Å². The summed E-state index contributed by atoms with van der Waals surface area (Å²) in [6, 6.07) is 16.9. The van der Waals surface area contributed by atoms with E-state index in [0.29, 0.717) is 17.1 Å². The summed E-state index contributed by atoms with van der Waals surface area (Å²) in [4.78, 5) is 29.0. The van der Waals surface area contributed by atoms with Gasteiger partial charge in [0.25, 0.3) is 5.91 Å². The second-order valence-corrected chi connectivity index (χ2v) is 11.0. The number of amides is 3. The molecule has 3 amide bonds. The predicted molar refractivity (Wildman–Crippen MR) is 139 cm³/mol. The minimum atomic E-state index is -0.362. The maximum atomic E-state index is 13.4. The first kappa shape index (κ1) is 23.4. The topological polar surface area (TPSA) is 103 Å². The largest absolute Gasteiger partial charge is 0.457 e. The Bertz CT molecular complexity index is 1170. The van der Waals surface area contributed by atoms with E-state index in [2.05, 4.69) is 16.0 Å². The van der Waals surface area contributed by atoms with E-state index in [9.17, 15) is 14.7 Å². The number of nitrogens with zero attached hydrogens (tertiary/aromatic N) is 1. The van der Waals surface area contributed by atoms with Gasteiger partial charge in [-0.2, -0.15) is 0 Å². The van der Waals surface area contributed by atoms with Crippen LogP contribution in [0.3, 0.4) is 0 Å². The Hall–Kier alpha value is -3.01. The van der Waals surface area contributed by atoms with E-state index in [-0.39, 0.29) is 41.4 Å². The Labute approximate surface area is 214 Å². The average Bonchev–Trinajstić information content (AvgIpc) is 3.25. The molecule has 2 saturated heterocycles. The molecule has 3 unspecified atom stereocenters. The molecule has 8 nitrogen and oxygen atoms in total. The van der Waals surface area contributed by atoms with Gasteiger partial charge >= 0.3 is 6.03 Å². The highest BCUT2D eigenvalue weighted by atomic mass is 32.2. The van der Waals surface area contributed by atoms with Gasteiger partial charge in [0.05, 0.1) is 22.4 Å². The maximum absolute atomic E-state index is 13.4. The zero-order valence-electron chi connectivity index (χ0n) is 19.9. The van der Waals surface area contributed by atoms with Crippen molar-refractivity contribution in [3.8, 4) is 11.5 Å². The normalized spacial score (nSPS) is 29.4. The Balaban J connectivity index is 1.22. The van der Waals surface area contributed by atoms with Crippen molar-refractivity contribution in [2.75, 3.05) is 11.4 Å². The van der Waals surface area contributed by atoms with Crippen molar-refractivity contribution in [2.45, 2.75) is 55.7 Å². The number of hydrogen-bond acceptors (Lipinski definition) is 6. The second kappa shape index (κ2) is 9.80. The van der Waals surface area contributed by atoms with Crippen molar-refractivity contribution in [1.82, 2.24) is 16.0 Å². The lowest BCUT2D eigenvalue weighted by atomic mass is 9.86. The third-order valence-electron chi connectivity index (χ3n) is 7.42. The van der Waals surface area contributed by atoms with Crippen LogP contribution in [0.4, 0.5) is 10.5 Å². The fourth-order valence-corrected chi connectivity index (χ4v) is 7.17. The molecule has 36 heavy (non-hydrogen) atoms. The number of aliphatic hydroxyl groups is 1. The fraction of sp³-hybridized carbons (Fsp3) is 0.407. The fourth-order valence-electron chi connectivity index (χ4n) is 5.77. The molecule has 0 radical (unpaired) electrons. The average molecular weight is 507 g/mol. The molecule has 5 atom stereocenters. The molecule has 9 heteroatoms. The number of ether oxygens (including phenoxy) is 1. The Morgan fingerprint density at radius 2 is 1.83 bits per heavy atom. The van der Waals surface area contributed by atoms with Crippen LogP contribution in [0, 0.1) is 5.92 Å². The van der Waals surface area contributed by atoms with Crippen molar-refractivity contribution in [3.63, 3.8) is 0 Å². The number of rotatable bonds is 5. The SMILES string of the molecule is O=C(N[C@@H]1CCC[C@@H](O)C1)C1=C2NC(=O)N(c3ccc(Oc4ccccc4)cc3)C3CCNC(S1)C23. The first-order valence-electron chi connectivity index (χ1n) is 12.6. The van der Waals surface area contributed by atoms with Crippen LogP contribution < -0.4 is 25.6 Å². The molecule has 4 N–H and O–H groups in total. The lowest BCUT2D eigenvalue weighted by Crippen LogP contribution is -2.62. The molecule has 3 fully saturated rings. The zero-order valence-corrected chi connectivity index (χ0v) is 20.7. The van der Waals surface area contributed by atoms with Crippen LogP contribution in [0.15, 0.2) is 65.2 Å². The number of thioether (sulfide) groups is 1. The highest BCUT2D eigenvalue weighted by molar-refractivity contribution is 8.04. The van der Waals surface area contributed by atoms with Crippen LogP contribution >= 0.6 is 11.8 Å². The van der Waals surface area contributed by atoms with Gasteiger partial charge in [0.15, 0.2) is 0 Å². The van der Waals surface area contributed by atoms with Crippen molar-refractivity contribution < 1.29 is 19.4 Å². The van der Waals surface area contributed by atoms with Gasteiger partial charge in [-0.05, 0) is 75.0 Å². The number of anilines is 1. The number of piperidine rings is 1. The monoisotopic (exact) mass is 506 g/mol. The third-order valence-corrected chi connectivity index (χ3v) is 8.78. The number of carbonyl (C=O) groups is 2. The van der Waals surface area contributed by atoms with E-state index in [0.717, 1.165) is 49.4 Å². The molecule has 3 heterocycles. The molecule has 1 saturated carbocycles. The molecule has 2 aromatic rings. The molecule has 0 bridgehead atoms. The Morgan fingerprint density at radius 3 is 2.61 bits per heavy atom. The minimum Gasteiger partial charge on any atom is -0.457 e. The lowest BCUT2D eigenvalue weighted by molar-refractivity contribution is -0.118. The summed E-state index contributed by atoms with van der Waals surface area (Å²) in [5.41, 5.74) is 1.53. The summed E-state index contributed by atoms with van der Waals surface area (Å²) in [5, 5.41) is 19.7. The van der Waals surface area contributed by atoms with Crippen molar-refractivity contribution >= 4 is 29.4 Å². The molecule has 0 spiro atoms. The van der Waals surface area contributed by atoms with Gasteiger partial charge in [0.1, 0.15) is 11.5 Å². The van der Waals surface area contributed by atoms with Crippen molar-refractivity contribution in [3.05, 3.63) is 65.2 Å². The maximum Gasteiger partial charge on any atom is 0.326 e. The number of benzene rings is 2. The Kier molecular flexibility index (Phi) is 6.37. The molecule has 6 rings (SSSR count). The van der Waals surface area contributed by atoms with E-state index >= 15 is 0 Å². The van der Waals surface area contributed by atoms with Gasteiger partial charge in [-0.15, -0.1) is 0 Å². The number of nitrogens with one attached hydrogen (secondary N) is 3. The molecule has 1 aliphatic carbocycles. The van der Waals surface area contributed by atoms with Crippen LogP contribution in [0.25, 0.3) is 0 Å². The van der Waals surface area contributed by atoms with Gasteiger partial charge in [0.2, 0.25) is 0 Å². The molecular formula is C27H30N4O4S. The lowest BCUT2D eigenvalue weighted by Gasteiger charge is -2.45. The first-order chi connectivity index (χ1) is 17.6. The number of urea groups is 1. The van der Waals surface area contributed by atoms with Gasteiger partial charge in [-0.3, -0.25) is 9.69 Å². The number of para-hydroxylation sites is 1. The molecule has 2 aromatic carbocycles. The number of aliphatic hydroxyl groups excluding tert-OH is 1. The zero-order chi connectivity index (χ0) is 24.6. The summed E-state index contributed by atoms with van der Waals surface area (Å²) in [7, 11) is 0. The number of carbonyl (C=O) groups excluding carboxylic acids is 2. The minimum absolute atomic E-state index is 0.000564. The van der Waals surface area contributed by atoms with Gasteiger partial charge in [-0.1, -0.05) is 30.0 Å². The van der Waals surface area contributed by atoms with Crippen LogP contribution in [-0.4, -0.2) is 47.2 Å². The van der Waals surface area contributed by atoms with Crippen molar-refractivity contribution in [2.24, 2.45) is 5.92 Å². The summed E-state index contributed by atoms with van der Waals surface area (Å²) in [5.74, 6) is 1.31. The first-order valence-corrected chi connectivity index (χ1v) is 13.5.